The molecule has 0 radical (unpaired) electrons. The molecule has 0 unspecified atom stereocenters. The first-order valence-electron chi connectivity index (χ1n) is 7.60. The monoisotopic (exact) mass is 316 g/mol. The van der Waals surface area contributed by atoms with Crippen LogP contribution in [0.2, 0.25) is 0 Å². The summed E-state index contributed by atoms with van der Waals surface area (Å²) in [6, 6.07) is 12.5. The van der Waals surface area contributed by atoms with E-state index in [1.54, 1.807) is 11.3 Å². The molecule has 2 aromatic rings. The van der Waals surface area contributed by atoms with Gasteiger partial charge in [0.05, 0.1) is 6.54 Å². The van der Waals surface area contributed by atoms with E-state index in [4.69, 9.17) is 0 Å². The zero-order valence-electron chi connectivity index (χ0n) is 13.7. The number of hydrogen-bond acceptors (Lipinski definition) is 3. The van der Waals surface area contributed by atoms with Crippen molar-refractivity contribution in [2.24, 2.45) is 0 Å². The first-order chi connectivity index (χ1) is 10.4. The number of aryl methyl sites for hydroxylation is 2. The lowest BCUT2D eigenvalue weighted by molar-refractivity contribution is -0.117. The average molecular weight is 316 g/mol. The highest BCUT2D eigenvalue weighted by atomic mass is 32.1. The van der Waals surface area contributed by atoms with Gasteiger partial charge >= 0.3 is 0 Å². The van der Waals surface area contributed by atoms with E-state index < -0.39 is 0 Å². The van der Waals surface area contributed by atoms with Gasteiger partial charge in [-0.25, -0.2) is 0 Å². The van der Waals surface area contributed by atoms with E-state index in [1.807, 2.05) is 31.2 Å². The van der Waals surface area contributed by atoms with Gasteiger partial charge in [0.15, 0.2) is 0 Å². The molecule has 0 spiro atoms. The van der Waals surface area contributed by atoms with Gasteiger partial charge in [-0.05, 0) is 52.0 Å². The number of anilines is 1. The summed E-state index contributed by atoms with van der Waals surface area (Å²) in [7, 11) is 0. The lowest BCUT2D eigenvalue weighted by Crippen LogP contribution is -2.37. The number of amides is 1. The molecule has 0 aliphatic carbocycles. The highest BCUT2D eigenvalue weighted by molar-refractivity contribution is 7.11. The van der Waals surface area contributed by atoms with Crippen LogP contribution in [0.3, 0.4) is 0 Å². The molecule has 0 saturated carbocycles. The molecule has 0 saturated heterocycles. The molecule has 0 atom stereocenters. The van der Waals surface area contributed by atoms with Gasteiger partial charge in [-0.3, -0.25) is 9.69 Å². The number of carbonyl (C=O) groups is 1. The molecule has 0 aliphatic heterocycles. The molecule has 22 heavy (non-hydrogen) atoms. The Labute approximate surface area is 137 Å². The van der Waals surface area contributed by atoms with Crippen molar-refractivity contribution < 1.29 is 4.79 Å². The molecule has 3 nitrogen and oxygen atoms in total. The Hall–Kier alpha value is -1.65. The predicted octanol–water partition coefficient (Wildman–Crippen LogP) is 4.21. The summed E-state index contributed by atoms with van der Waals surface area (Å²) >= 11 is 1.79. The Kier molecular flexibility index (Phi) is 5.75. The van der Waals surface area contributed by atoms with Gasteiger partial charge in [-0.15, -0.1) is 11.3 Å². The lowest BCUT2D eigenvalue weighted by atomic mass is 10.2. The lowest BCUT2D eigenvalue weighted by Gasteiger charge is -2.25. The quantitative estimate of drug-likeness (QED) is 0.865. The Balaban J connectivity index is 1.95. The summed E-state index contributed by atoms with van der Waals surface area (Å²) in [6.07, 6.45) is 0. The van der Waals surface area contributed by atoms with E-state index in [9.17, 15) is 4.79 Å². The standard InChI is InChI=1S/C18H24N2OS/c1-13(2)20(11-17-10-7-15(4)22-17)12-18(21)19-16-8-5-14(3)6-9-16/h5-10,13H,11-12H2,1-4H3,(H,19,21). The smallest absolute Gasteiger partial charge is 0.238 e. The third-order valence-corrected chi connectivity index (χ3v) is 4.55. The summed E-state index contributed by atoms with van der Waals surface area (Å²) in [5, 5.41) is 2.97. The van der Waals surface area contributed by atoms with Gasteiger partial charge in [-0.2, -0.15) is 0 Å². The second kappa shape index (κ2) is 7.56. The molecule has 1 heterocycles. The largest absolute Gasteiger partial charge is 0.325 e. The van der Waals surface area contributed by atoms with Crippen molar-refractivity contribution in [3.8, 4) is 0 Å². The number of thiophene rings is 1. The minimum atomic E-state index is 0.0332. The maximum Gasteiger partial charge on any atom is 0.238 e. The fourth-order valence-corrected chi connectivity index (χ4v) is 3.13. The van der Waals surface area contributed by atoms with Crippen LogP contribution in [-0.2, 0) is 11.3 Å². The molecule has 1 aromatic carbocycles. The van der Waals surface area contributed by atoms with Crippen LogP contribution in [0.15, 0.2) is 36.4 Å². The van der Waals surface area contributed by atoms with E-state index >= 15 is 0 Å². The summed E-state index contributed by atoms with van der Waals surface area (Å²) < 4.78 is 0. The SMILES string of the molecule is Cc1ccc(NC(=O)CN(Cc2ccc(C)s2)C(C)C)cc1. The topological polar surface area (TPSA) is 32.3 Å². The summed E-state index contributed by atoms with van der Waals surface area (Å²) in [6.45, 7) is 9.62. The van der Waals surface area contributed by atoms with Crippen molar-refractivity contribution in [1.82, 2.24) is 4.90 Å². The average Bonchev–Trinajstić information content (AvgIpc) is 2.86. The number of benzene rings is 1. The third-order valence-electron chi connectivity index (χ3n) is 3.57. The molecular formula is C18H24N2OS. The Bertz CT molecular complexity index is 616. The van der Waals surface area contributed by atoms with Crippen LogP contribution < -0.4 is 5.32 Å². The second-order valence-electron chi connectivity index (χ2n) is 5.93. The third kappa shape index (κ3) is 4.97. The zero-order valence-corrected chi connectivity index (χ0v) is 14.5. The number of hydrogen-bond donors (Lipinski definition) is 1. The normalized spacial score (nSPS) is 11.2. The van der Waals surface area contributed by atoms with Gasteiger partial charge in [0.1, 0.15) is 0 Å². The molecule has 2 rings (SSSR count). The van der Waals surface area contributed by atoms with E-state index in [2.05, 4.69) is 43.1 Å². The maximum atomic E-state index is 12.3. The van der Waals surface area contributed by atoms with Crippen LogP contribution in [-0.4, -0.2) is 23.4 Å². The summed E-state index contributed by atoms with van der Waals surface area (Å²) in [5.74, 6) is 0.0332. The molecule has 0 fully saturated rings. The van der Waals surface area contributed by atoms with Crippen molar-refractivity contribution >= 4 is 22.9 Å². The number of carbonyl (C=O) groups excluding carboxylic acids is 1. The van der Waals surface area contributed by atoms with Crippen LogP contribution >= 0.6 is 11.3 Å². The van der Waals surface area contributed by atoms with E-state index in [-0.39, 0.29) is 5.91 Å². The van der Waals surface area contributed by atoms with E-state index in [1.165, 1.54) is 15.3 Å². The molecule has 0 aliphatic rings. The van der Waals surface area contributed by atoms with Crippen LogP contribution in [0.25, 0.3) is 0 Å². The fraction of sp³-hybridized carbons (Fsp3) is 0.389. The Morgan fingerprint density at radius 1 is 1.14 bits per heavy atom. The minimum Gasteiger partial charge on any atom is -0.325 e. The highest BCUT2D eigenvalue weighted by Crippen LogP contribution is 2.18. The molecule has 4 heteroatoms. The zero-order chi connectivity index (χ0) is 16.1. The number of nitrogens with zero attached hydrogens (tertiary/aromatic N) is 1. The maximum absolute atomic E-state index is 12.3. The van der Waals surface area contributed by atoms with Crippen molar-refractivity contribution in [2.75, 3.05) is 11.9 Å². The first kappa shape index (κ1) is 16.7. The van der Waals surface area contributed by atoms with Gasteiger partial charge in [0, 0.05) is 28.0 Å². The summed E-state index contributed by atoms with van der Waals surface area (Å²) in [4.78, 5) is 17.1. The summed E-state index contributed by atoms with van der Waals surface area (Å²) in [5.41, 5.74) is 2.04. The fourth-order valence-electron chi connectivity index (χ4n) is 2.21. The second-order valence-corrected chi connectivity index (χ2v) is 7.30. The molecular weight excluding hydrogens is 292 g/mol. The molecule has 1 N–H and O–H groups in total. The molecule has 1 aromatic heterocycles. The number of rotatable bonds is 6. The van der Waals surface area contributed by atoms with Crippen LogP contribution in [0.4, 0.5) is 5.69 Å². The van der Waals surface area contributed by atoms with Crippen molar-refractivity contribution in [3.05, 3.63) is 51.7 Å². The van der Waals surface area contributed by atoms with E-state index in [0.29, 0.717) is 12.6 Å². The van der Waals surface area contributed by atoms with Crippen molar-refractivity contribution in [3.63, 3.8) is 0 Å². The number of nitrogens with one attached hydrogen (secondary N) is 1. The predicted molar refractivity (Wildman–Crippen MR) is 94.4 cm³/mol. The van der Waals surface area contributed by atoms with Gasteiger partial charge in [0.2, 0.25) is 5.91 Å². The molecule has 118 valence electrons. The van der Waals surface area contributed by atoms with E-state index in [0.717, 1.165) is 12.2 Å². The van der Waals surface area contributed by atoms with Crippen molar-refractivity contribution in [2.45, 2.75) is 40.3 Å². The Morgan fingerprint density at radius 2 is 1.82 bits per heavy atom. The van der Waals surface area contributed by atoms with Crippen molar-refractivity contribution in [1.29, 1.82) is 0 Å². The van der Waals surface area contributed by atoms with Crippen LogP contribution in [0.1, 0.15) is 29.2 Å². The van der Waals surface area contributed by atoms with Crippen LogP contribution in [0, 0.1) is 13.8 Å². The van der Waals surface area contributed by atoms with Gasteiger partial charge in [0.25, 0.3) is 0 Å². The Morgan fingerprint density at radius 3 is 2.36 bits per heavy atom. The van der Waals surface area contributed by atoms with Gasteiger partial charge in [-0.1, -0.05) is 17.7 Å². The minimum absolute atomic E-state index is 0.0332. The first-order valence-corrected chi connectivity index (χ1v) is 8.41. The van der Waals surface area contributed by atoms with Crippen LogP contribution in [0.5, 0.6) is 0 Å². The highest BCUT2D eigenvalue weighted by Gasteiger charge is 2.15. The molecule has 1 amide bonds. The molecule has 0 bridgehead atoms. The van der Waals surface area contributed by atoms with Gasteiger partial charge < -0.3 is 5.32 Å².